The van der Waals surface area contributed by atoms with Gasteiger partial charge in [0.25, 0.3) is 5.91 Å². The van der Waals surface area contributed by atoms with E-state index in [1.165, 1.54) is 12.1 Å². The quantitative estimate of drug-likeness (QED) is 0.806. The number of hydrogen-bond donors (Lipinski definition) is 2. The van der Waals surface area contributed by atoms with Gasteiger partial charge in [0.1, 0.15) is 10.7 Å². The van der Waals surface area contributed by atoms with Crippen molar-refractivity contribution >= 4 is 45.0 Å². The van der Waals surface area contributed by atoms with Crippen molar-refractivity contribution in [1.29, 1.82) is 0 Å². The highest BCUT2D eigenvalue weighted by Crippen LogP contribution is 2.31. The van der Waals surface area contributed by atoms with Crippen LogP contribution >= 0.6 is 23.2 Å². The Morgan fingerprint density at radius 3 is 2.56 bits per heavy atom. The molecule has 1 aromatic heterocycles. The summed E-state index contributed by atoms with van der Waals surface area (Å²) >= 11 is 12.1. The number of rotatable bonds is 5. The lowest BCUT2D eigenvalue weighted by molar-refractivity contribution is 0.102. The lowest BCUT2D eigenvalue weighted by Gasteiger charge is -2.12. The number of anilines is 1. The summed E-state index contributed by atoms with van der Waals surface area (Å²) in [6.45, 7) is 1.79. The van der Waals surface area contributed by atoms with E-state index in [1.807, 2.05) is 0 Å². The predicted molar refractivity (Wildman–Crippen MR) is 96.7 cm³/mol. The van der Waals surface area contributed by atoms with Crippen LogP contribution in [0, 0.1) is 6.92 Å². The summed E-state index contributed by atoms with van der Waals surface area (Å²) in [5.41, 5.74) is 0.738. The minimum absolute atomic E-state index is 0.00513. The molecule has 0 aliphatic heterocycles. The average molecular weight is 400 g/mol. The van der Waals surface area contributed by atoms with Crippen molar-refractivity contribution in [2.24, 2.45) is 0 Å². The van der Waals surface area contributed by atoms with Crippen molar-refractivity contribution in [2.75, 3.05) is 5.32 Å². The second kappa shape index (κ2) is 6.92. The highest BCUT2D eigenvalue weighted by molar-refractivity contribution is 7.89. The van der Waals surface area contributed by atoms with E-state index >= 15 is 0 Å². The number of carbonyl (C=O) groups excluding carboxylic acids is 1. The number of aryl methyl sites for hydroxylation is 1. The SMILES string of the molecule is Cc1cccc(NC(=O)c2cc(S(=O)(=O)NC3CC3)c(Cl)cc2Cl)n1. The number of hydrogen-bond acceptors (Lipinski definition) is 4. The van der Waals surface area contributed by atoms with Gasteiger partial charge in [0.2, 0.25) is 10.0 Å². The summed E-state index contributed by atoms with van der Waals surface area (Å²) in [7, 11) is -3.82. The molecule has 3 rings (SSSR count). The van der Waals surface area contributed by atoms with Crippen LogP contribution in [-0.4, -0.2) is 25.4 Å². The van der Waals surface area contributed by atoms with Gasteiger partial charge in [0, 0.05) is 11.7 Å². The summed E-state index contributed by atoms with van der Waals surface area (Å²) in [6.07, 6.45) is 1.58. The maximum absolute atomic E-state index is 12.5. The first kappa shape index (κ1) is 18.1. The van der Waals surface area contributed by atoms with Crippen molar-refractivity contribution in [3.05, 3.63) is 51.6 Å². The van der Waals surface area contributed by atoms with Gasteiger partial charge in [-0.3, -0.25) is 4.79 Å². The Labute approximate surface area is 155 Å². The monoisotopic (exact) mass is 399 g/mol. The molecule has 1 saturated carbocycles. The summed E-state index contributed by atoms with van der Waals surface area (Å²) in [4.78, 5) is 16.5. The third-order valence-electron chi connectivity index (χ3n) is 3.58. The molecule has 0 unspecified atom stereocenters. The van der Waals surface area contributed by atoms with Crippen LogP contribution in [0.5, 0.6) is 0 Å². The van der Waals surface area contributed by atoms with E-state index in [0.717, 1.165) is 18.5 Å². The molecular formula is C16H15Cl2N3O3S. The molecule has 25 heavy (non-hydrogen) atoms. The van der Waals surface area contributed by atoms with E-state index < -0.39 is 15.9 Å². The van der Waals surface area contributed by atoms with Crippen molar-refractivity contribution in [3.8, 4) is 0 Å². The van der Waals surface area contributed by atoms with Crippen LogP contribution in [0.15, 0.2) is 35.2 Å². The summed E-state index contributed by atoms with van der Waals surface area (Å²) in [5, 5.41) is 2.62. The van der Waals surface area contributed by atoms with Gasteiger partial charge in [-0.25, -0.2) is 18.1 Å². The molecule has 9 heteroatoms. The van der Waals surface area contributed by atoms with Crippen LogP contribution in [-0.2, 0) is 10.0 Å². The topological polar surface area (TPSA) is 88.2 Å². The maximum Gasteiger partial charge on any atom is 0.258 e. The van der Waals surface area contributed by atoms with Gasteiger partial charge >= 0.3 is 0 Å². The highest BCUT2D eigenvalue weighted by atomic mass is 35.5. The molecule has 0 saturated heterocycles. The van der Waals surface area contributed by atoms with E-state index in [2.05, 4.69) is 15.0 Å². The van der Waals surface area contributed by atoms with Crippen molar-refractivity contribution < 1.29 is 13.2 Å². The number of sulfonamides is 1. The number of pyridine rings is 1. The first-order valence-corrected chi connectivity index (χ1v) is 9.76. The molecule has 1 fully saturated rings. The van der Waals surface area contributed by atoms with Crippen molar-refractivity contribution in [1.82, 2.24) is 9.71 Å². The highest BCUT2D eigenvalue weighted by Gasteiger charge is 2.30. The molecule has 1 aliphatic carbocycles. The smallest absolute Gasteiger partial charge is 0.258 e. The van der Waals surface area contributed by atoms with Crippen LogP contribution in [0.25, 0.3) is 0 Å². The third kappa shape index (κ3) is 4.30. The molecular weight excluding hydrogens is 385 g/mol. The van der Waals surface area contributed by atoms with Crippen LogP contribution in [0.2, 0.25) is 10.0 Å². The fourth-order valence-corrected chi connectivity index (χ4v) is 4.35. The lowest BCUT2D eigenvalue weighted by Crippen LogP contribution is -2.26. The Morgan fingerprint density at radius 1 is 1.20 bits per heavy atom. The Balaban J connectivity index is 1.93. The van der Waals surface area contributed by atoms with Crippen LogP contribution in [0.4, 0.5) is 5.82 Å². The van der Waals surface area contributed by atoms with Gasteiger partial charge in [-0.15, -0.1) is 0 Å². The van der Waals surface area contributed by atoms with Crippen LogP contribution in [0.3, 0.4) is 0 Å². The molecule has 1 amide bonds. The van der Waals surface area contributed by atoms with E-state index in [9.17, 15) is 13.2 Å². The first-order chi connectivity index (χ1) is 11.8. The Morgan fingerprint density at radius 2 is 1.92 bits per heavy atom. The zero-order valence-corrected chi connectivity index (χ0v) is 15.5. The van der Waals surface area contributed by atoms with Crippen molar-refractivity contribution in [3.63, 3.8) is 0 Å². The second-order valence-electron chi connectivity index (χ2n) is 5.78. The van der Waals surface area contributed by atoms with Crippen LogP contribution in [0.1, 0.15) is 28.9 Å². The number of nitrogens with zero attached hydrogens (tertiary/aromatic N) is 1. The van der Waals surface area contributed by atoms with E-state index in [-0.39, 0.29) is 26.5 Å². The normalized spacial score (nSPS) is 14.4. The number of halogens is 2. The molecule has 6 nitrogen and oxygen atoms in total. The zero-order chi connectivity index (χ0) is 18.2. The minimum atomic E-state index is -3.82. The number of benzene rings is 1. The number of amides is 1. The Hall–Kier alpha value is -1.67. The van der Waals surface area contributed by atoms with Gasteiger partial charge in [-0.2, -0.15) is 0 Å². The number of nitrogens with one attached hydrogen (secondary N) is 2. The van der Waals surface area contributed by atoms with E-state index in [0.29, 0.717) is 5.82 Å². The number of aromatic nitrogens is 1. The molecule has 2 N–H and O–H groups in total. The Kier molecular flexibility index (Phi) is 5.02. The molecule has 1 aliphatic rings. The molecule has 1 aromatic carbocycles. The lowest BCUT2D eigenvalue weighted by atomic mass is 10.2. The van der Waals surface area contributed by atoms with Crippen molar-refractivity contribution in [2.45, 2.75) is 30.7 Å². The fraction of sp³-hybridized carbons (Fsp3) is 0.250. The summed E-state index contributed by atoms with van der Waals surface area (Å²) in [6, 6.07) is 7.52. The standard InChI is InChI=1S/C16H15Cl2N3O3S/c1-9-3-2-4-15(19-9)20-16(22)11-7-14(13(18)8-12(11)17)25(23,24)21-10-5-6-10/h2-4,7-8,10,21H,5-6H2,1H3,(H,19,20,22). The molecule has 132 valence electrons. The van der Waals surface area contributed by atoms with E-state index in [1.54, 1.807) is 25.1 Å². The van der Waals surface area contributed by atoms with Gasteiger partial charge in [-0.05, 0) is 44.0 Å². The van der Waals surface area contributed by atoms with Gasteiger partial charge in [0.05, 0.1) is 15.6 Å². The van der Waals surface area contributed by atoms with Gasteiger partial charge in [-0.1, -0.05) is 29.3 Å². The molecule has 0 atom stereocenters. The van der Waals surface area contributed by atoms with Gasteiger partial charge < -0.3 is 5.32 Å². The maximum atomic E-state index is 12.5. The van der Waals surface area contributed by atoms with Gasteiger partial charge in [0.15, 0.2) is 0 Å². The first-order valence-electron chi connectivity index (χ1n) is 7.52. The summed E-state index contributed by atoms with van der Waals surface area (Å²) < 4.78 is 27.4. The predicted octanol–water partition coefficient (Wildman–Crippen LogP) is 3.39. The minimum Gasteiger partial charge on any atom is -0.307 e. The largest absolute Gasteiger partial charge is 0.307 e. The average Bonchev–Trinajstić information content (AvgIpc) is 3.30. The number of carbonyl (C=O) groups is 1. The molecule has 0 spiro atoms. The Bertz CT molecular complexity index is 944. The zero-order valence-electron chi connectivity index (χ0n) is 13.2. The molecule has 0 radical (unpaired) electrons. The molecule has 1 heterocycles. The molecule has 2 aromatic rings. The van der Waals surface area contributed by atoms with E-state index in [4.69, 9.17) is 23.2 Å². The second-order valence-corrected chi connectivity index (χ2v) is 8.27. The fourth-order valence-electron chi connectivity index (χ4n) is 2.19. The summed E-state index contributed by atoms with van der Waals surface area (Å²) in [5.74, 6) is -0.223. The third-order valence-corrected chi connectivity index (χ3v) is 5.88. The molecule has 0 bridgehead atoms. The van der Waals surface area contributed by atoms with Crippen LogP contribution < -0.4 is 10.0 Å².